The number of benzene rings is 2. The molecule has 0 heterocycles. The van der Waals surface area contributed by atoms with Gasteiger partial charge in [0.15, 0.2) is 0 Å². The second-order valence-electron chi connectivity index (χ2n) is 4.16. The van der Waals surface area contributed by atoms with Crippen LogP contribution in [0.2, 0.25) is 0 Å². The third-order valence-electron chi connectivity index (χ3n) is 3.16. The Morgan fingerprint density at radius 3 is 2.29 bits per heavy atom. The molecule has 1 aliphatic rings. The smallest absolute Gasteiger partial charge is 0.121 e. The molecule has 0 aliphatic heterocycles. The zero-order valence-corrected chi connectivity index (χ0v) is 12.2. The molecule has 86 valence electrons. The van der Waals surface area contributed by atoms with Crippen LogP contribution in [0.4, 0.5) is 0 Å². The Bertz CT molecular complexity index is 587. The Balaban J connectivity index is 2.24. The quantitative estimate of drug-likeness (QED) is 0.468. The van der Waals surface area contributed by atoms with Gasteiger partial charge in [0.25, 0.3) is 0 Å². The van der Waals surface area contributed by atoms with Crippen molar-refractivity contribution in [2.24, 2.45) is 0 Å². The molecule has 2 aromatic carbocycles. The highest BCUT2D eigenvalue weighted by Crippen LogP contribution is 2.37. The number of hydrogen-bond acceptors (Lipinski definition) is 0. The second-order valence-corrected chi connectivity index (χ2v) is 12.5. The molecule has 0 radical (unpaired) electrons. The van der Waals surface area contributed by atoms with Crippen LogP contribution in [0, 0.1) is 0 Å². The lowest BCUT2D eigenvalue weighted by Crippen LogP contribution is -2.33. The molecule has 0 unspecified atom stereocenters. The SMILES string of the molecule is Cl[Si](Cl)(Cl)c1cccc2c1Cc1ccccc1-2. The molecule has 4 heteroatoms. The van der Waals surface area contributed by atoms with E-state index in [-0.39, 0.29) is 0 Å². The highest BCUT2D eigenvalue weighted by atomic mass is 35.8. The van der Waals surface area contributed by atoms with E-state index in [1.54, 1.807) is 0 Å². The van der Waals surface area contributed by atoms with Crippen molar-refractivity contribution in [2.45, 2.75) is 6.42 Å². The summed E-state index contributed by atoms with van der Waals surface area (Å²) in [5, 5.41) is 0.927. The first kappa shape index (κ1) is 11.6. The van der Waals surface area contributed by atoms with Gasteiger partial charge >= 0.3 is 6.00 Å². The maximum absolute atomic E-state index is 6.15. The number of fused-ring (bicyclic) bond motifs is 3. The minimum atomic E-state index is -2.81. The van der Waals surface area contributed by atoms with Gasteiger partial charge in [-0.2, -0.15) is 0 Å². The lowest BCUT2D eigenvalue weighted by atomic mass is 10.1. The summed E-state index contributed by atoms with van der Waals surface area (Å²) in [5.74, 6) is 0. The molecule has 0 atom stereocenters. The molecule has 1 aliphatic carbocycles. The fourth-order valence-corrected chi connectivity index (χ4v) is 4.87. The lowest BCUT2D eigenvalue weighted by molar-refractivity contribution is 1.28. The molecule has 2 aromatic rings. The van der Waals surface area contributed by atoms with E-state index >= 15 is 0 Å². The average Bonchev–Trinajstić information content (AvgIpc) is 2.65. The number of halogens is 3. The van der Waals surface area contributed by atoms with Crippen molar-refractivity contribution in [2.75, 3.05) is 0 Å². The van der Waals surface area contributed by atoms with Gasteiger partial charge in [0, 0.05) is 0 Å². The Morgan fingerprint density at radius 1 is 0.824 bits per heavy atom. The maximum atomic E-state index is 6.15. The number of rotatable bonds is 1. The van der Waals surface area contributed by atoms with Crippen LogP contribution in [0.1, 0.15) is 11.1 Å². The first-order chi connectivity index (χ1) is 8.07. The van der Waals surface area contributed by atoms with Crippen LogP contribution in [0.25, 0.3) is 11.1 Å². The van der Waals surface area contributed by atoms with Gasteiger partial charge in [-0.25, -0.2) is 0 Å². The normalized spacial score (nSPS) is 13.4. The van der Waals surface area contributed by atoms with Crippen molar-refractivity contribution < 1.29 is 0 Å². The fourth-order valence-electron chi connectivity index (χ4n) is 2.42. The minimum Gasteiger partial charge on any atom is -0.121 e. The van der Waals surface area contributed by atoms with Crippen LogP contribution >= 0.6 is 33.2 Å². The van der Waals surface area contributed by atoms with E-state index in [0.717, 1.165) is 11.6 Å². The van der Waals surface area contributed by atoms with E-state index in [4.69, 9.17) is 33.2 Å². The molecular weight excluding hydrogens is 291 g/mol. The summed E-state index contributed by atoms with van der Waals surface area (Å²) in [4.78, 5) is 0. The van der Waals surface area contributed by atoms with Crippen molar-refractivity contribution in [3.05, 3.63) is 53.6 Å². The first-order valence-corrected chi connectivity index (χ1v) is 10.4. The Kier molecular flexibility index (Phi) is 2.75. The average molecular weight is 300 g/mol. The van der Waals surface area contributed by atoms with Gasteiger partial charge in [-0.15, -0.1) is 33.2 Å². The van der Waals surface area contributed by atoms with Crippen molar-refractivity contribution in [1.29, 1.82) is 0 Å². The van der Waals surface area contributed by atoms with Crippen LogP contribution in [0.3, 0.4) is 0 Å². The topological polar surface area (TPSA) is 0 Å². The van der Waals surface area contributed by atoms with Crippen LogP contribution in [-0.2, 0) is 6.42 Å². The van der Waals surface area contributed by atoms with Crippen LogP contribution in [0.5, 0.6) is 0 Å². The van der Waals surface area contributed by atoms with Gasteiger partial charge in [0.05, 0.1) is 0 Å². The Hall–Kier alpha value is -0.473. The third kappa shape index (κ3) is 1.91. The van der Waals surface area contributed by atoms with Gasteiger partial charge in [-0.1, -0.05) is 42.5 Å². The Labute approximate surface area is 115 Å². The molecule has 0 bridgehead atoms. The molecule has 3 rings (SSSR count). The second kappa shape index (κ2) is 4.03. The van der Waals surface area contributed by atoms with E-state index in [1.807, 2.05) is 18.2 Å². The molecule has 0 saturated carbocycles. The summed E-state index contributed by atoms with van der Waals surface area (Å²) in [7, 11) is 0. The first-order valence-electron chi connectivity index (χ1n) is 5.35. The predicted molar refractivity (Wildman–Crippen MR) is 77.6 cm³/mol. The minimum absolute atomic E-state index is 0.878. The van der Waals surface area contributed by atoms with Crippen molar-refractivity contribution in [1.82, 2.24) is 0 Å². The fraction of sp³-hybridized carbons (Fsp3) is 0.0769. The van der Waals surface area contributed by atoms with Crippen molar-refractivity contribution in [3.63, 3.8) is 0 Å². The van der Waals surface area contributed by atoms with E-state index < -0.39 is 6.00 Å². The molecule has 0 aromatic heterocycles. The highest BCUT2D eigenvalue weighted by Gasteiger charge is 2.33. The van der Waals surface area contributed by atoms with Crippen molar-refractivity contribution in [3.8, 4) is 11.1 Å². The zero-order valence-electron chi connectivity index (χ0n) is 8.88. The molecule has 0 N–H and O–H groups in total. The van der Waals surface area contributed by atoms with E-state index in [1.165, 1.54) is 22.3 Å². The van der Waals surface area contributed by atoms with Gasteiger partial charge in [0.2, 0.25) is 0 Å². The largest absolute Gasteiger partial charge is 0.373 e. The molecule has 0 fully saturated rings. The summed E-state index contributed by atoms with van der Waals surface area (Å²) < 4.78 is 0. The summed E-state index contributed by atoms with van der Waals surface area (Å²) in [6, 6.07) is 11.6. The molecule has 17 heavy (non-hydrogen) atoms. The van der Waals surface area contributed by atoms with Gasteiger partial charge < -0.3 is 0 Å². The predicted octanol–water partition coefficient (Wildman–Crippen LogP) is 4.12. The van der Waals surface area contributed by atoms with E-state index in [2.05, 4.69) is 24.3 Å². The maximum Gasteiger partial charge on any atom is 0.373 e. The van der Waals surface area contributed by atoms with Gasteiger partial charge in [-0.05, 0) is 33.9 Å². The van der Waals surface area contributed by atoms with Crippen LogP contribution in [0.15, 0.2) is 42.5 Å². The molecule has 0 nitrogen and oxygen atoms in total. The number of hydrogen-bond donors (Lipinski definition) is 0. The summed E-state index contributed by atoms with van der Waals surface area (Å²) >= 11 is 18.5. The lowest BCUT2D eigenvalue weighted by Gasteiger charge is -2.13. The Morgan fingerprint density at radius 2 is 1.53 bits per heavy atom. The molecule has 0 saturated heterocycles. The zero-order chi connectivity index (χ0) is 12.0. The summed E-state index contributed by atoms with van der Waals surface area (Å²) in [5.41, 5.74) is 5.00. The summed E-state index contributed by atoms with van der Waals surface area (Å²) in [6.07, 6.45) is 0.878. The molecule has 0 amide bonds. The molecule has 0 spiro atoms. The van der Waals surface area contributed by atoms with Crippen LogP contribution < -0.4 is 5.19 Å². The van der Waals surface area contributed by atoms with E-state index in [9.17, 15) is 0 Å². The standard InChI is InChI=1S/C13H9Cl3Si/c14-17(15,16)13-7-3-6-11-10-5-2-1-4-9(10)8-12(11)13/h1-7H,8H2. The highest BCUT2D eigenvalue weighted by molar-refractivity contribution is 7.69. The molecular formula is C13H9Cl3Si. The van der Waals surface area contributed by atoms with Gasteiger partial charge in [0.1, 0.15) is 0 Å². The van der Waals surface area contributed by atoms with Crippen molar-refractivity contribution >= 4 is 44.4 Å². The van der Waals surface area contributed by atoms with E-state index in [0.29, 0.717) is 0 Å². The summed E-state index contributed by atoms with van der Waals surface area (Å²) in [6.45, 7) is 0. The third-order valence-corrected chi connectivity index (χ3v) is 6.07. The van der Waals surface area contributed by atoms with Gasteiger partial charge in [-0.3, -0.25) is 0 Å². The van der Waals surface area contributed by atoms with Crippen LogP contribution in [-0.4, -0.2) is 6.00 Å². The monoisotopic (exact) mass is 298 g/mol.